The molecular formula is C12H14F3NO2. The third kappa shape index (κ3) is 3.73. The van der Waals surface area contributed by atoms with Crippen molar-refractivity contribution in [1.82, 2.24) is 0 Å². The highest BCUT2D eigenvalue weighted by molar-refractivity contribution is 5.72. The van der Waals surface area contributed by atoms with Gasteiger partial charge in [0.05, 0.1) is 18.6 Å². The summed E-state index contributed by atoms with van der Waals surface area (Å²) in [4.78, 5) is 11.3. The second kappa shape index (κ2) is 5.86. The molecule has 0 spiro atoms. The second-order valence-electron chi connectivity index (χ2n) is 3.85. The van der Waals surface area contributed by atoms with Crippen LogP contribution in [0.3, 0.4) is 0 Å². The van der Waals surface area contributed by atoms with Crippen LogP contribution in [0.15, 0.2) is 24.3 Å². The maximum Gasteiger partial charge on any atom is 0.416 e. The smallest absolute Gasteiger partial charge is 0.416 e. The minimum absolute atomic E-state index is 0.0910. The molecule has 0 amide bonds. The van der Waals surface area contributed by atoms with Crippen molar-refractivity contribution in [2.45, 2.75) is 12.6 Å². The van der Waals surface area contributed by atoms with Gasteiger partial charge < -0.3 is 10.5 Å². The molecule has 2 N–H and O–H groups in total. The zero-order chi connectivity index (χ0) is 13.8. The van der Waals surface area contributed by atoms with Crippen LogP contribution < -0.4 is 5.73 Å². The van der Waals surface area contributed by atoms with Crippen LogP contribution in [0.1, 0.15) is 11.1 Å². The van der Waals surface area contributed by atoms with E-state index in [-0.39, 0.29) is 13.0 Å². The van der Waals surface area contributed by atoms with Crippen LogP contribution in [0.25, 0.3) is 0 Å². The fourth-order valence-electron chi connectivity index (χ4n) is 1.54. The molecule has 1 atom stereocenters. The van der Waals surface area contributed by atoms with Gasteiger partial charge in [-0.1, -0.05) is 12.1 Å². The van der Waals surface area contributed by atoms with Crippen LogP contribution in [0.2, 0.25) is 0 Å². The van der Waals surface area contributed by atoms with E-state index in [9.17, 15) is 18.0 Å². The molecule has 6 heteroatoms. The lowest BCUT2D eigenvalue weighted by Crippen LogP contribution is -2.26. The third-order valence-corrected chi connectivity index (χ3v) is 2.58. The van der Waals surface area contributed by atoms with Gasteiger partial charge in [-0.25, -0.2) is 0 Å². The Morgan fingerprint density at radius 2 is 1.89 bits per heavy atom. The number of benzene rings is 1. The van der Waals surface area contributed by atoms with Crippen molar-refractivity contribution < 1.29 is 22.7 Å². The third-order valence-electron chi connectivity index (χ3n) is 2.58. The van der Waals surface area contributed by atoms with Crippen LogP contribution in [0.5, 0.6) is 0 Å². The van der Waals surface area contributed by atoms with Gasteiger partial charge in [-0.2, -0.15) is 13.2 Å². The molecule has 0 saturated carbocycles. The summed E-state index contributed by atoms with van der Waals surface area (Å²) in [5, 5.41) is 0. The summed E-state index contributed by atoms with van der Waals surface area (Å²) in [6.45, 7) is 0.0910. The number of esters is 1. The molecule has 3 nitrogen and oxygen atoms in total. The molecule has 0 aromatic heterocycles. The number of alkyl halides is 3. The van der Waals surface area contributed by atoms with Gasteiger partial charge in [-0.15, -0.1) is 0 Å². The number of carbonyl (C=O) groups is 1. The van der Waals surface area contributed by atoms with E-state index in [0.717, 1.165) is 12.1 Å². The number of hydrogen-bond acceptors (Lipinski definition) is 3. The summed E-state index contributed by atoms with van der Waals surface area (Å²) >= 11 is 0. The van der Waals surface area contributed by atoms with Gasteiger partial charge in [0.25, 0.3) is 0 Å². The first-order valence-electron chi connectivity index (χ1n) is 5.32. The molecule has 0 aliphatic heterocycles. The van der Waals surface area contributed by atoms with Gasteiger partial charge in [0.15, 0.2) is 0 Å². The standard InChI is InChI=1S/C12H14F3NO2/c1-18-11(17)9(7-16)6-8-2-4-10(5-3-8)12(13,14)15/h2-5,9H,6-7,16H2,1H3. The molecule has 0 aliphatic rings. The molecule has 0 fully saturated rings. The van der Waals surface area contributed by atoms with Crippen LogP contribution in [0, 0.1) is 5.92 Å². The number of rotatable bonds is 4. The molecule has 0 radical (unpaired) electrons. The lowest BCUT2D eigenvalue weighted by molar-refractivity contribution is -0.145. The molecule has 0 bridgehead atoms. The predicted molar refractivity (Wildman–Crippen MR) is 59.7 cm³/mol. The normalized spacial score (nSPS) is 13.2. The van der Waals surface area contributed by atoms with Crippen LogP contribution in [-0.2, 0) is 22.1 Å². The summed E-state index contributed by atoms with van der Waals surface area (Å²) in [6.07, 6.45) is -4.09. The summed E-state index contributed by atoms with van der Waals surface area (Å²) in [6, 6.07) is 4.66. The quantitative estimate of drug-likeness (QED) is 0.843. The number of ether oxygens (including phenoxy) is 1. The number of methoxy groups -OCH3 is 1. The molecule has 0 saturated heterocycles. The summed E-state index contributed by atoms with van der Waals surface area (Å²) < 4.78 is 41.6. The number of halogens is 3. The monoisotopic (exact) mass is 261 g/mol. The highest BCUT2D eigenvalue weighted by Crippen LogP contribution is 2.29. The highest BCUT2D eigenvalue weighted by atomic mass is 19.4. The molecule has 1 unspecified atom stereocenters. The fraction of sp³-hybridized carbons (Fsp3) is 0.417. The van der Waals surface area contributed by atoms with E-state index in [0.29, 0.717) is 5.56 Å². The van der Waals surface area contributed by atoms with Gasteiger partial charge in [0.1, 0.15) is 0 Å². The molecule has 100 valence electrons. The Morgan fingerprint density at radius 3 is 2.28 bits per heavy atom. The van der Waals surface area contributed by atoms with E-state index in [1.165, 1.54) is 19.2 Å². The molecule has 0 heterocycles. The Balaban J connectivity index is 2.77. The molecule has 0 aliphatic carbocycles. The summed E-state index contributed by atoms with van der Waals surface area (Å²) in [7, 11) is 1.25. The van der Waals surface area contributed by atoms with Crippen molar-refractivity contribution >= 4 is 5.97 Å². The average Bonchev–Trinajstić information content (AvgIpc) is 2.34. The number of hydrogen-bond donors (Lipinski definition) is 1. The van der Waals surface area contributed by atoms with Crippen molar-refractivity contribution in [2.75, 3.05) is 13.7 Å². The lowest BCUT2D eigenvalue weighted by Gasteiger charge is -2.13. The van der Waals surface area contributed by atoms with Crippen molar-refractivity contribution in [1.29, 1.82) is 0 Å². The molecular weight excluding hydrogens is 247 g/mol. The Bertz CT molecular complexity index is 401. The van der Waals surface area contributed by atoms with Gasteiger partial charge in [0, 0.05) is 6.54 Å². The minimum atomic E-state index is -4.35. The highest BCUT2D eigenvalue weighted by Gasteiger charge is 2.30. The van der Waals surface area contributed by atoms with E-state index in [2.05, 4.69) is 4.74 Å². The van der Waals surface area contributed by atoms with Gasteiger partial charge in [-0.05, 0) is 24.1 Å². The Kier molecular flexibility index (Phi) is 4.72. The largest absolute Gasteiger partial charge is 0.469 e. The first-order chi connectivity index (χ1) is 8.38. The van der Waals surface area contributed by atoms with Gasteiger partial charge in [-0.3, -0.25) is 4.79 Å². The average molecular weight is 261 g/mol. The maximum absolute atomic E-state index is 12.3. The van der Waals surface area contributed by atoms with Crippen molar-refractivity contribution in [2.24, 2.45) is 11.7 Å². The Labute approximate surface area is 103 Å². The Hall–Kier alpha value is -1.56. The topological polar surface area (TPSA) is 52.3 Å². The summed E-state index contributed by atoms with van der Waals surface area (Å²) in [5.41, 5.74) is 5.32. The minimum Gasteiger partial charge on any atom is -0.469 e. The SMILES string of the molecule is COC(=O)C(CN)Cc1ccc(C(F)(F)F)cc1. The zero-order valence-corrected chi connectivity index (χ0v) is 9.83. The zero-order valence-electron chi connectivity index (χ0n) is 9.83. The predicted octanol–water partition coefficient (Wildman–Crippen LogP) is 2.00. The number of nitrogens with two attached hydrogens (primary N) is 1. The van der Waals surface area contributed by atoms with E-state index in [4.69, 9.17) is 5.73 Å². The van der Waals surface area contributed by atoms with Crippen molar-refractivity contribution in [3.8, 4) is 0 Å². The van der Waals surface area contributed by atoms with Gasteiger partial charge in [0.2, 0.25) is 0 Å². The van der Waals surface area contributed by atoms with E-state index in [1.54, 1.807) is 0 Å². The maximum atomic E-state index is 12.3. The van der Waals surface area contributed by atoms with Crippen LogP contribution >= 0.6 is 0 Å². The van der Waals surface area contributed by atoms with Crippen LogP contribution in [0.4, 0.5) is 13.2 Å². The summed E-state index contributed by atoms with van der Waals surface area (Å²) in [5.74, 6) is -0.996. The lowest BCUT2D eigenvalue weighted by atomic mass is 9.98. The Morgan fingerprint density at radius 1 is 1.33 bits per heavy atom. The van der Waals surface area contributed by atoms with Crippen molar-refractivity contribution in [3.05, 3.63) is 35.4 Å². The first kappa shape index (κ1) is 14.5. The fourth-order valence-corrected chi connectivity index (χ4v) is 1.54. The first-order valence-corrected chi connectivity index (χ1v) is 5.32. The number of carbonyl (C=O) groups excluding carboxylic acids is 1. The van der Waals surface area contributed by atoms with Crippen LogP contribution in [-0.4, -0.2) is 19.6 Å². The van der Waals surface area contributed by atoms with Gasteiger partial charge >= 0.3 is 12.1 Å². The molecule has 1 aromatic carbocycles. The second-order valence-corrected chi connectivity index (χ2v) is 3.85. The van der Waals surface area contributed by atoms with E-state index >= 15 is 0 Å². The molecule has 1 rings (SSSR count). The van der Waals surface area contributed by atoms with E-state index in [1.807, 2.05) is 0 Å². The van der Waals surface area contributed by atoms with Crippen molar-refractivity contribution in [3.63, 3.8) is 0 Å². The van der Waals surface area contributed by atoms with E-state index < -0.39 is 23.6 Å². The molecule has 18 heavy (non-hydrogen) atoms. The molecule has 1 aromatic rings.